The summed E-state index contributed by atoms with van der Waals surface area (Å²) in [4.78, 5) is 13.1. The van der Waals surface area contributed by atoms with Crippen LogP contribution in [0.25, 0.3) is 0 Å². The van der Waals surface area contributed by atoms with Gasteiger partial charge in [0.25, 0.3) is 0 Å². The zero-order valence-electron chi connectivity index (χ0n) is 52.7. The fourth-order valence-corrected chi connectivity index (χ4v) is 11.8. The predicted octanol–water partition coefficient (Wildman–Crippen LogP) is 19.1. The number of rotatable bonds is 63. The van der Waals surface area contributed by atoms with Crippen molar-refractivity contribution >= 4 is 5.91 Å². The Bertz CT molecular complexity index is 1250. The first kappa shape index (κ1) is 75.9. The van der Waals surface area contributed by atoms with Crippen LogP contribution in [0.4, 0.5) is 0 Å². The van der Waals surface area contributed by atoms with Gasteiger partial charge in [0.2, 0.25) is 5.91 Å². The molecular formula is C70H137NO8. The van der Waals surface area contributed by atoms with E-state index in [0.717, 1.165) is 38.5 Å². The van der Waals surface area contributed by atoms with Gasteiger partial charge in [0.1, 0.15) is 24.4 Å². The molecule has 1 aliphatic rings. The van der Waals surface area contributed by atoms with Crippen LogP contribution in [0.5, 0.6) is 0 Å². The van der Waals surface area contributed by atoms with Gasteiger partial charge in [0.15, 0.2) is 6.29 Å². The third kappa shape index (κ3) is 49.0. The van der Waals surface area contributed by atoms with Gasteiger partial charge < -0.3 is 40.3 Å². The lowest BCUT2D eigenvalue weighted by Gasteiger charge is -2.40. The van der Waals surface area contributed by atoms with Gasteiger partial charge >= 0.3 is 0 Å². The van der Waals surface area contributed by atoms with Crippen molar-refractivity contribution in [1.29, 1.82) is 0 Å². The van der Waals surface area contributed by atoms with Gasteiger partial charge in [0, 0.05) is 6.42 Å². The molecule has 0 aromatic heterocycles. The summed E-state index contributed by atoms with van der Waals surface area (Å²) >= 11 is 0. The van der Waals surface area contributed by atoms with Gasteiger partial charge in [-0.25, -0.2) is 0 Å². The molecule has 1 aliphatic heterocycles. The highest BCUT2D eigenvalue weighted by atomic mass is 16.7. The zero-order chi connectivity index (χ0) is 57.2. The van der Waals surface area contributed by atoms with E-state index >= 15 is 0 Å². The number of allylic oxidation sites excluding steroid dienone is 2. The Morgan fingerprint density at radius 3 is 1.03 bits per heavy atom. The lowest BCUT2D eigenvalue weighted by Crippen LogP contribution is -2.60. The van der Waals surface area contributed by atoms with Crippen LogP contribution in [-0.2, 0) is 14.3 Å². The molecule has 9 nitrogen and oxygen atoms in total. The number of amides is 1. The summed E-state index contributed by atoms with van der Waals surface area (Å²) in [5, 5.41) is 54.9. The van der Waals surface area contributed by atoms with Crippen LogP contribution >= 0.6 is 0 Å². The molecule has 0 aromatic carbocycles. The van der Waals surface area contributed by atoms with E-state index in [4.69, 9.17) is 9.47 Å². The number of hydrogen-bond acceptors (Lipinski definition) is 8. The average molecular weight is 1120 g/mol. The summed E-state index contributed by atoms with van der Waals surface area (Å²) in [7, 11) is 0. The third-order valence-electron chi connectivity index (χ3n) is 17.4. The molecule has 1 heterocycles. The molecule has 1 rings (SSSR count). The first-order chi connectivity index (χ1) is 38.8. The zero-order valence-corrected chi connectivity index (χ0v) is 52.7. The Morgan fingerprint density at radius 1 is 0.418 bits per heavy atom. The van der Waals surface area contributed by atoms with Crippen LogP contribution in [-0.4, -0.2) is 87.5 Å². The molecule has 7 atom stereocenters. The van der Waals surface area contributed by atoms with Crippen molar-refractivity contribution in [3.63, 3.8) is 0 Å². The highest BCUT2D eigenvalue weighted by molar-refractivity contribution is 5.76. The van der Waals surface area contributed by atoms with Gasteiger partial charge in [0.05, 0.1) is 25.4 Å². The normalized spacial score (nSPS) is 18.5. The van der Waals surface area contributed by atoms with Crippen LogP contribution < -0.4 is 5.32 Å². The Balaban J connectivity index is 2.05. The van der Waals surface area contributed by atoms with Gasteiger partial charge in [-0.3, -0.25) is 4.79 Å². The Hall–Kier alpha value is -1.07. The van der Waals surface area contributed by atoms with E-state index in [1.807, 2.05) is 0 Å². The number of nitrogens with one attached hydrogen (secondary N) is 1. The molecule has 7 unspecified atom stereocenters. The van der Waals surface area contributed by atoms with Crippen LogP contribution in [0.15, 0.2) is 12.2 Å². The number of unbranched alkanes of at least 4 members (excludes halogenated alkanes) is 51. The molecule has 0 aliphatic carbocycles. The van der Waals surface area contributed by atoms with E-state index in [1.165, 1.54) is 308 Å². The summed E-state index contributed by atoms with van der Waals surface area (Å²) in [6.07, 6.45) is 70.1. The topological polar surface area (TPSA) is 149 Å². The lowest BCUT2D eigenvalue weighted by atomic mass is 9.99. The molecule has 470 valence electrons. The Morgan fingerprint density at radius 2 is 0.709 bits per heavy atom. The number of aliphatic hydroxyl groups excluding tert-OH is 5. The summed E-state index contributed by atoms with van der Waals surface area (Å²) in [6.45, 7) is 3.90. The predicted molar refractivity (Wildman–Crippen MR) is 337 cm³/mol. The van der Waals surface area contributed by atoms with E-state index in [2.05, 4.69) is 31.3 Å². The van der Waals surface area contributed by atoms with Gasteiger partial charge in [-0.2, -0.15) is 0 Å². The summed E-state index contributed by atoms with van der Waals surface area (Å²) in [5.41, 5.74) is 0. The SMILES string of the molecule is CCCCCCCCCCCCCCCCCC/C=C\CCCCCCCCCCCCCCCCCCCC(=O)NC(COC1OC(CO)C(O)C(O)C1O)C(O)CCCCCCCCCCCCCCCCCCCCC. The quantitative estimate of drug-likeness (QED) is 0.0261. The smallest absolute Gasteiger partial charge is 0.220 e. The standard InChI is InChI=1S/C70H137NO8/c1-3-5-7-9-11-13-15-17-19-21-23-24-25-26-27-28-29-30-31-32-33-34-35-36-37-38-39-40-42-44-46-48-50-52-54-56-58-60-66(74)71-63(62-78-70-69(77)68(76)67(75)65(61-72)79-70)64(73)59-57-55-53-51-49-47-45-43-41-22-20-18-16-14-12-10-8-6-4-2/h30-31,63-65,67-70,72-73,75-77H,3-29,32-62H2,1-2H3,(H,71,74)/b31-30-. The highest BCUT2D eigenvalue weighted by Crippen LogP contribution is 2.24. The van der Waals surface area contributed by atoms with Crippen molar-refractivity contribution in [3.05, 3.63) is 12.2 Å². The summed E-state index contributed by atoms with van der Waals surface area (Å²) in [5.74, 6) is -0.136. The maximum Gasteiger partial charge on any atom is 0.220 e. The second-order valence-corrected chi connectivity index (χ2v) is 25.0. The monoisotopic (exact) mass is 1120 g/mol. The van der Waals surface area contributed by atoms with Crippen LogP contribution in [0, 0.1) is 0 Å². The number of aliphatic hydroxyl groups is 5. The molecule has 1 amide bonds. The Kier molecular flexibility index (Phi) is 57.7. The van der Waals surface area contributed by atoms with E-state index in [0.29, 0.717) is 12.8 Å². The summed E-state index contributed by atoms with van der Waals surface area (Å²) < 4.78 is 11.4. The fourth-order valence-electron chi connectivity index (χ4n) is 11.8. The number of ether oxygens (including phenoxy) is 2. The molecule has 1 saturated heterocycles. The molecular weight excluding hydrogens is 983 g/mol. The molecule has 0 saturated carbocycles. The van der Waals surface area contributed by atoms with E-state index < -0.39 is 49.5 Å². The van der Waals surface area contributed by atoms with Gasteiger partial charge in [-0.1, -0.05) is 341 Å². The van der Waals surface area contributed by atoms with Crippen molar-refractivity contribution in [2.24, 2.45) is 0 Å². The minimum absolute atomic E-state index is 0.132. The maximum absolute atomic E-state index is 13.1. The second kappa shape index (κ2) is 60.1. The number of carbonyl (C=O) groups excluding carboxylic acids is 1. The maximum atomic E-state index is 13.1. The molecule has 6 N–H and O–H groups in total. The van der Waals surface area contributed by atoms with Crippen molar-refractivity contribution in [3.8, 4) is 0 Å². The molecule has 0 bridgehead atoms. The molecule has 1 fully saturated rings. The van der Waals surface area contributed by atoms with E-state index in [1.54, 1.807) is 0 Å². The van der Waals surface area contributed by atoms with Gasteiger partial charge in [-0.05, 0) is 38.5 Å². The van der Waals surface area contributed by atoms with Crippen LogP contribution in [0.2, 0.25) is 0 Å². The van der Waals surface area contributed by atoms with Crippen molar-refractivity contribution < 1.29 is 39.8 Å². The van der Waals surface area contributed by atoms with Gasteiger partial charge in [-0.15, -0.1) is 0 Å². The minimum Gasteiger partial charge on any atom is -0.394 e. The lowest BCUT2D eigenvalue weighted by molar-refractivity contribution is -0.302. The summed E-state index contributed by atoms with van der Waals surface area (Å²) in [6, 6.07) is -0.716. The minimum atomic E-state index is -1.55. The van der Waals surface area contributed by atoms with Crippen LogP contribution in [0.3, 0.4) is 0 Å². The van der Waals surface area contributed by atoms with E-state index in [-0.39, 0.29) is 12.5 Å². The molecule has 0 radical (unpaired) electrons. The Labute approximate surface area is 490 Å². The molecule has 9 heteroatoms. The first-order valence-corrected chi connectivity index (χ1v) is 35.4. The highest BCUT2D eigenvalue weighted by Gasteiger charge is 2.44. The van der Waals surface area contributed by atoms with E-state index in [9.17, 15) is 30.3 Å². The fraction of sp³-hybridized carbons (Fsp3) is 0.957. The molecule has 0 aromatic rings. The largest absolute Gasteiger partial charge is 0.394 e. The second-order valence-electron chi connectivity index (χ2n) is 25.0. The molecule has 79 heavy (non-hydrogen) atoms. The third-order valence-corrected chi connectivity index (χ3v) is 17.4. The van der Waals surface area contributed by atoms with Crippen molar-refractivity contribution in [1.82, 2.24) is 5.32 Å². The number of hydrogen-bond donors (Lipinski definition) is 6. The average Bonchev–Trinajstić information content (AvgIpc) is 3.46. The van der Waals surface area contributed by atoms with Crippen molar-refractivity contribution in [2.75, 3.05) is 13.2 Å². The molecule has 0 spiro atoms. The number of carbonyl (C=O) groups is 1. The van der Waals surface area contributed by atoms with Crippen LogP contribution in [0.1, 0.15) is 373 Å². The first-order valence-electron chi connectivity index (χ1n) is 35.4. The van der Waals surface area contributed by atoms with Crippen molar-refractivity contribution in [2.45, 2.75) is 416 Å².